The molecule has 132 valence electrons. The fraction of sp³-hybridized carbons (Fsp3) is 0.0435. The molecule has 0 aliphatic rings. The lowest BCUT2D eigenvalue weighted by Crippen LogP contribution is -2.04. The molecule has 0 amide bonds. The molecule has 4 heteroatoms. The van der Waals surface area contributed by atoms with Crippen LogP contribution in [0.1, 0.15) is 5.56 Å². The molecular weight excluding hydrogens is 347 g/mol. The number of benzene rings is 4. The van der Waals surface area contributed by atoms with Gasteiger partial charge in [0, 0.05) is 21.7 Å². The zero-order valence-electron chi connectivity index (χ0n) is 14.1. The van der Waals surface area contributed by atoms with Crippen LogP contribution in [-0.4, -0.2) is 4.98 Å². The summed E-state index contributed by atoms with van der Waals surface area (Å²) in [5.41, 5.74) is 2.64. The third-order valence-electron chi connectivity index (χ3n) is 5.01. The summed E-state index contributed by atoms with van der Waals surface area (Å²) >= 11 is 0. The summed E-state index contributed by atoms with van der Waals surface area (Å²) in [5, 5.41) is 4.00. The van der Waals surface area contributed by atoms with Crippen molar-refractivity contribution in [2.24, 2.45) is 0 Å². The molecule has 0 unspecified atom stereocenters. The van der Waals surface area contributed by atoms with E-state index in [1.165, 1.54) is 12.1 Å². The summed E-state index contributed by atoms with van der Waals surface area (Å²) in [6.45, 7) is 0. The summed E-state index contributed by atoms with van der Waals surface area (Å²) in [7, 11) is 0. The van der Waals surface area contributed by atoms with Crippen molar-refractivity contribution in [3.05, 3.63) is 84.4 Å². The molecule has 0 spiro atoms. The maximum Gasteiger partial charge on any atom is 0.416 e. The van der Waals surface area contributed by atoms with E-state index >= 15 is 0 Å². The summed E-state index contributed by atoms with van der Waals surface area (Å²) in [5.74, 6) is 0. The number of fused-ring (bicyclic) bond motifs is 5. The number of rotatable bonds is 1. The Kier molecular flexibility index (Phi) is 3.31. The molecule has 1 N–H and O–H groups in total. The second-order valence-corrected chi connectivity index (χ2v) is 6.64. The normalized spacial score (nSPS) is 12.3. The first kappa shape index (κ1) is 15.9. The average Bonchev–Trinajstić information content (AvgIpc) is 3.07. The van der Waals surface area contributed by atoms with E-state index in [1.54, 1.807) is 6.07 Å². The molecule has 0 fully saturated rings. The lowest BCUT2D eigenvalue weighted by Gasteiger charge is -2.11. The fourth-order valence-electron chi connectivity index (χ4n) is 3.79. The summed E-state index contributed by atoms with van der Waals surface area (Å²) in [4.78, 5) is 3.45. The Morgan fingerprint density at radius 1 is 0.704 bits per heavy atom. The van der Waals surface area contributed by atoms with Gasteiger partial charge in [-0.1, -0.05) is 54.6 Å². The lowest BCUT2D eigenvalue weighted by atomic mass is 9.94. The topological polar surface area (TPSA) is 15.8 Å². The van der Waals surface area contributed by atoms with Gasteiger partial charge in [0.05, 0.1) is 11.1 Å². The van der Waals surface area contributed by atoms with Crippen molar-refractivity contribution in [1.29, 1.82) is 0 Å². The first-order valence-electron chi connectivity index (χ1n) is 8.62. The standard InChI is InChI=1S/C23H14F3N/c24-23(25,26)16-8-5-7-14(12-16)19-13-15-6-1-2-9-17(15)22-21(19)18-10-3-4-11-20(18)27-22/h1-13,27H. The zero-order valence-corrected chi connectivity index (χ0v) is 14.1. The molecule has 5 aromatic rings. The maximum atomic E-state index is 13.2. The van der Waals surface area contributed by atoms with Crippen molar-refractivity contribution in [2.75, 3.05) is 0 Å². The first-order valence-corrected chi connectivity index (χ1v) is 8.62. The highest BCUT2D eigenvalue weighted by atomic mass is 19.4. The molecule has 1 aromatic heterocycles. The zero-order chi connectivity index (χ0) is 18.6. The fourth-order valence-corrected chi connectivity index (χ4v) is 3.79. The van der Waals surface area contributed by atoms with Crippen molar-refractivity contribution in [3.63, 3.8) is 0 Å². The molecule has 0 bridgehead atoms. The highest BCUT2D eigenvalue weighted by molar-refractivity contribution is 6.22. The number of alkyl halides is 3. The van der Waals surface area contributed by atoms with Crippen molar-refractivity contribution in [1.82, 2.24) is 4.98 Å². The van der Waals surface area contributed by atoms with E-state index in [-0.39, 0.29) is 0 Å². The van der Waals surface area contributed by atoms with Crippen LogP contribution >= 0.6 is 0 Å². The number of hydrogen-bond donors (Lipinski definition) is 1. The van der Waals surface area contributed by atoms with Gasteiger partial charge in [-0.25, -0.2) is 0 Å². The molecule has 0 aliphatic carbocycles. The summed E-state index contributed by atoms with van der Waals surface area (Å²) in [6, 6.07) is 23.3. The summed E-state index contributed by atoms with van der Waals surface area (Å²) in [6.07, 6.45) is -4.37. The van der Waals surface area contributed by atoms with E-state index in [0.717, 1.165) is 44.2 Å². The molecule has 0 aliphatic heterocycles. The van der Waals surface area contributed by atoms with E-state index in [4.69, 9.17) is 0 Å². The minimum atomic E-state index is -4.37. The second kappa shape index (κ2) is 5.61. The number of aromatic nitrogens is 1. The Hall–Kier alpha value is -3.27. The predicted octanol–water partition coefficient (Wildman–Crippen LogP) is 7.16. The van der Waals surface area contributed by atoms with Gasteiger partial charge in [0.2, 0.25) is 0 Å². The molecule has 1 heterocycles. The molecule has 5 rings (SSSR count). The smallest absolute Gasteiger partial charge is 0.354 e. The van der Waals surface area contributed by atoms with E-state index in [9.17, 15) is 13.2 Å². The van der Waals surface area contributed by atoms with E-state index in [1.807, 2.05) is 54.6 Å². The Bertz CT molecular complexity index is 1310. The van der Waals surface area contributed by atoms with Crippen LogP contribution in [0.25, 0.3) is 43.7 Å². The van der Waals surface area contributed by atoms with Crippen LogP contribution in [0, 0.1) is 0 Å². The van der Waals surface area contributed by atoms with Gasteiger partial charge in [-0.3, -0.25) is 0 Å². The second-order valence-electron chi connectivity index (χ2n) is 6.64. The van der Waals surface area contributed by atoms with Crippen LogP contribution in [0.3, 0.4) is 0 Å². The highest BCUT2D eigenvalue weighted by Gasteiger charge is 2.30. The van der Waals surface area contributed by atoms with Crippen LogP contribution in [0.2, 0.25) is 0 Å². The Morgan fingerprint density at radius 2 is 1.44 bits per heavy atom. The number of hydrogen-bond acceptors (Lipinski definition) is 0. The van der Waals surface area contributed by atoms with Crippen LogP contribution in [0.4, 0.5) is 13.2 Å². The number of H-pyrrole nitrogens is 1. The quantitative estimate of drug-likeness (QED) is 0.326. The van der Waals surface area contributed by atoms with Gasteiger partial charge in [0.15, 0.2) is 0 Å². The minimum Gasteiger partial charge on any atom is -0.354 e. The molecule has 0 radical (unpaired) electrons. The largest absolute Gasteiger partial charge is 0.416 e. The van der Waals surface area contributed by atoms with E-state index in [2.05, 4.69) is 4.98 Å². The van der Waals surface area contributed by atoms with Gasteiger partial charge in [-0.2, -0.15) is 13.2 Å². The maximum absolute atomic E-state index is 13.2. The lowest BCUT2D eigenvalue weighted by molar-refractivity contribution is -0.137. The van der Waals surface area contributed by atoms with Crippen LogP contribution in [0.5, 0.6) is 0 Å². The SMILES string of the molecule is FC(F)(F)c1cccc(-c2cc3ccccc3c3[nH]c4ccccc4c23)c1. The Balaban J connectivity index is 1.94. The molecule has 0 saturated carbocycles. The van der Waals surface area contributed by atoms with Gasteiger partial charge < -0.3 is 4.98 Å². The summed E-state index contributed by atoms with van der Waals surface area (Å²) < 4.78 is 39.7. The van der Waals surface area contributed by atoms with Gasteiger partial charge in [-0.05, 0) is 40.8 Å². The van der Waals surface area contributed by atoms with Crippen LogP contribution < -0.4 is 0 Å². The van der Waals surface area contributed by atoms with Crippen molar-refractivity contribution < 1.29 is 13.2 Å². The highest BCUT2D eigenvalue weighted by Crippen LogP contribution is 2.40. The van der Waals surface area contributed by atoms with Crippen molar-refractivity contribution in [3.8, 4) is 11.1 Å². The van der Waals surface area contributed by atoms with Gasteiger partial charge >= 0.3 is 6.18 Å². The van der Waals surface area contributed by atoms with Gasteiger partial charge in [0.1, 0.15) is 0 Å². The molecule has 0 atom stereocenters. The monoisotopic (exact) mass is 361 g/mol. The minimum absolute atomic E-state index is 0.560. The van der Waals surface area contributed by atoms with Gasteiger partial charge in [-0.15, -0.1) is 0 Å². The molecule has 4 aromatic carbocycles. The molecule has 27 heavy (non-hydrogen) atoms. The van der Waals surface area contributed by atoms with Crippen molar-refractivity contribution >= 4 is 32.6 Å². The third-order valence-corrected chi connectivity index (χ3v) is 5.01. The number of nitrogens with one attached hydrogen (secondary N) is 1. The van der Waals surface area contributed by atoms with E-state index in [0.29, 0.717) is 5.56 Å². The number of para-hydroxylation sites is 1. The van der Waals surface area contributed by atoms with Gasteiger partial charge in [0.25, 0.3) is 0 Å². The van der Waals surface area contributed by atoms with Crippen LogP contribution in [0.15, 0.2) is 78.9 Å². The molecule has 0 saturated heterocycles. The Labute approximate surface area is 153 Å². The number of halogens is 3. The molecular formula is C23H14F3N. The third kappa shape index (κ3) is 2.48. The number of aromatic amines is 1. The Morgan fingerprint density at radius 3 is 2.26 bits per heavy atom. The predicted molar refractivity (Wildman–Crippen MR) is 104 cm³/mol. The first-order chi connectivity index (χ1) is 13.0. The van der Waals surface area contributed by atoms with Crippen LogP contribution in [-0.2, 0) is 6.18 Å². The van der Waals surface area contributed by atoms with Crippen molar-refractivity contribution in [2.45, 2.75) is 6.18 Å². The average molecular weight is 361 g/mol. The molecule has 1 nitrogen and oxygen atoms in total. The van der Waals surface area contributed by atoms with E-state index < -0.39 is 11.7 Å².